The zero-order chi connectivity index (χ0) is 10.7. The molecule has 4 nitrogen and oxygen atoms in total. The predicted molar refractivity (Wildman–Crippen MR) is 58.8 cm³/mol. The molecule has 15 heavy (non-hydrogen) atoms. The minimum atomic E-state index is -0.0686. The van der Waals surface area contributed by atoms with Crippen molar-refractivity contribution in [3.8, 4) is 0 Å². The third kappa shape index (κ3) is 2.24. The molecule has 0 saturated heterocycles. The Hall–Kier alpha value is -1.62. The fourth-order valence-electron chi connectivity index (χ4n) is 1.27. The highest BCUT2D eigenvalue weighted by molar-refractivity contribution is 7.09. The van der Waals surface area contributed by atoms with E-state index in [1.807, 2.05) is 17.5 Å². The normalized spacial score (nSPS) is 10.2. The second kappa shape index (κ2) is 4.27. The highest BCUT2D eigenvalue weighted by Gasteiger charge is 2.10. The van der Waals surface area contributed by atoms with Crippen LogP contribution in [0.25, 0.3) is 0 Å². The van der Waals surface area contributed by atoms with Crippen LogP contribution in [0, 0.1) is 0 Å². The summed E-state index contributed by atoms with van der Waals surface area (Å²) in [6, 6.07) is 3.93. The van der Waals surface area contributed by atoms with Gasteiger partial charge in [0.05, 0.1) is 6.54 Å². The summed E-state index contributed by atoms with van der Waals surface area (Å²) in [7, 11) is 1.78. The number of hydrogen-bond donors (Lipinski definition) is 0. The van der Waals surface area contributed by atoms with Gasteiger partial charge >= 0.3 is 6.03 Å². The van der Waals surface area contributed by atoms with E-state index < -0.39 is 0 Å². The molecule has 1 amide bonds. The molecule has 0 atom stereocenters. The first-order valence-electron chi connectivity index (χ1n) is 4.53. The van der Waals surface area contributed by atoms with Gasteiger partial charge in [-0.3, -0.25) is 4.57 Å². The summed E-state index contributed by atoms with van der Waals surface area (Å²) >= 11 is 1.65. The Morgan fingerprint density at radius 3 is 3.13 bits per heavy atom. The van der Waals surface area contributed by atoms with Crippen LogP contribution in [0.2, 0.25) is 0 Å². The summed E-state index contributed by atoms with van der Waals surface area (Å²) in [6.45, 7) is 0.634. The molecule has 0 fully saturated rings. The van der Waals surface area contributed by atoms with Crippen molar-refractivity contribution in [3.63, 3.8) is 0 Å². The molecule has 0 spiro atoms. The number of aromatic nitrogens is 2. The van der Waals surface area contributed by atoms with E-state index in [0.717, 1.165) is 0 Å². The van der Waals surface area contributed by atoms with Crippen LogP contribution < -0.4 is 0 Å². The minimum absolute atomic E-state index is 0.0686. The molecule has 0 N–H and O–H groups in total. The Labute approximate surface area is 91.8 Å². The molecule has 2 heterocycles. The molecule has 5 heteroatoms. The van der Waals surface area contributed by atoms with Crippen LogP contribution in [0.3, 0.4) is 0 Å². The summed E-state index contributed by atoms with van der Waals surface area (Å²) in [4.78, 5) is 18.5. The van der Waals surface area contributed by atoms with Crippen molar-refractivity contribution in [1.29, 1.82) is 0 Å². The van der Waals surface area contributed by atoms with E-state index in [1.165, 1.54) is 15.8 Å². The number of nitrogens with zero attached hydrogens (tertiary/aromatic N) is 3. The fourth-order valence-corrected chi connectivity index (χ4v) is 2.03. The highest BCUT2D eigenvalue weighted by atomic mass is 32.1. The number of rotatable bonds is 2. The molecule has 0 radical (unpaired) electrons. The van der Waals surface area contributed by atoms with Crippen molar-refractivity contribution >= 4 is 17.4 Å². The lowest BCUT2D eigenvalue weighted by Gasteiger charge is -2.15. The average Bonchev–Trinajstić information content (AvgIpc) is 2.88. The lowest BCUT2D eigenvalue weighted by Crippen LogP contribution is -2.29. The molecular formula is C10H11N3OS. The standard InChI is InChI=1S/C10H11N3OS/c1-12(7-9-3-2-6-15-9)10(14)13-5-4-11-8-13/h2-6,8H,7H2,1H3. The molecule has 0 aliphatic carbocycles. The second-order valence-electron chi connectivity index (χ2n) is 3.19. The van der Waals surface area contributed by atoms with Gasteiger partial charge in [-0.1, -0.05) is 6.07 Å². The molecule has 0 saturated carbocycles. The predicted octanol–water partition coefficient (Wildman–Crippen LogP) is 2.04. The summed E-state index contributed by atoms with van der Waals surface area (Å²) in [5.74, 6) is 0. The van der Waals surface area contributed by atoms with E-state index >= 15 is 0 Å². The number of imidazole rings is 1. The van der Waals surface area contributed by atoms with Crippen molar-refractivity contribution in [2.24, 2.45) is 0 Å². The van der Waals surface area contributed by atoms with Crippen LogP contribution in [-0.4, -0.2) is 27.5 Å². The van der Waals surface area contributed by atoms with Crippen LogP contribution >= 0.6 is 11.3 Å². The molecule has 0 bridgehead atoms. The molecular weight excluding hydrogens is 210 g/mol. The first kappa shape index (κ1) is 9.92. The van der Waals surface area contributed by atoms with Crippen LogP contribution in [0.1, 0.15) is 4.88 Å². The van der Waals surface area contributed by atoms with E-state index in [4.69, 9.17) is 0 Å². The molecule has 0 aliphatic rings. The quantitative estimate of drug-likeness (QED) is 0.778. The summed E-state index contributed by atoms with van der Waals surface area (Å²) in [5.41, 5.74) is 0. The smallest absolute Gasteiger partial charge is 0.322 e. The molecule has 78 valence electrons. The number of thiophene rings is 1. The number of hydrogen-bond acceptors (Lipinski definition) is 3. The maximum absolute atomic E-state index is 11.8. The third-order valence-corrected chi connectivity index (χ3v) is 2.89. The summed E-state index contributed by atoms with van der Waals surface area (Å²) in [6.07, 6.45) is 4.75. The van der Waals surface area contributed by atoms with Gasteiger partial charge in [0.1, 0.15) is 6.33 Å². The number of carbonyl (C=O) groups excluding carboxylic acids is 1. The summed E-state index contributed by atoms with van der Waals surface area (Å²) < 4.78 is 1.47. The second-order valence-corrected chi connectivity index (χ2v) is 4.22. The van der Waals surface area contributed by atoms with Gasteiger partial charge in [0.2, 0.25) is 0 Å². The van der Waals surface area contributed by atoms with Crippen LogP contribution in [0.15, 0.2) is 36.2 Å². The fraction of sp³-hybridized carbons (Fsp3) is 0.200. The Balaban J connectivity index is 2.03. The van der Waals surface area contributed by atoms with Crippen LogP contribution in [0.5, 0.6) is 0 Å². The zero-order valence-electron chi connectivity index (χ0n) is 8.33. The lowest BCUT2D eigenvalue weighted by molar-refractivity contribution is 0.209. The molecule has 0 aliphatic heterocycles. The Morgan fingerprint density at radius 2 is 2.53 bits per heavy atom. The largest absolute Gasteiger partial charge is 0.329 e. The van der Waals surface area contributed by atoms with Gasteiger partial charge in [0, 0.05) is 24.3 Å². The topological polar surface area (TPSA) is 38.1 Å². The molecule has 2 rings (SSSR count). The Kier molecular flexibility index (Phi) is 2.82. The van der Waals surface area contributed by atoms with E-state index in [1.54, 1.807) is 35.7 Å². The zero-order valence-corrected chi connectivity index (χ0v) is 9.15. The highest BCUT2D eigenvalue weighted by Crippen LogP contribution is 2.11. The molecule has 0 aromatic carbocycles. The first-order valence-corrected chi connectivity index (χ1v) is 5.41. The SMILES string of the molecule is CN(Cc1cccs1)C(=O)n1ccnc1. The van der Waals surface area contributed by atoms with Crippen molar-refractivity contribution in [2.45, 2.75) is 6.54 Å². The molecule has 0 unspecified atom stereocenters. The van der Waals surface area contributed by atoms with Crippen LogP contribution in [0.4, 0.5) is 4.79 Å². The molecule has 2 aromatic rings. The van der Waals surface area contributed by atoms with Gasteiger partial charge < -0.3 is 4.90 Å². The number of carbonyl (C=O) groups is 1. The summed E-state index contributed by atoms with van der Waals surface area (Å²) in [5, 5.41) is 2.00. The lowest BCUT2D eigenvalue weighted by atomic mass is 10.4. The van der Waals surface area contributed by atoms with Crippen molar-refractivity contribution in [2.75, 3.05) is 7.05 Å². The van der Waals surface area contributed by atoms with E-state index in [-0.39, 0.29) is 6.03 Å². The van der Waals surface area contributed by atoms with Crippen molar-refractivity contribution in [3.05, 3.63) is 41.1 Å². The van der Waals surface area contributed by atoms with Gasteiger partial charge in [-0.2, -0.15) is 0 Å². The monoisotopic (exact) mass is 221 g/mol. The number of amides is 1. The maximum Gasteiger partial charge on any atom is 0.329 e. The van der Waals surface area contributed by atoms with Gasteiger partial charge in [-0.05, 0) is 11.4 Å². The first-order chi connectivity index (χ1) is 7.27. The third-order valence-electron chi connectivity index (χ3n) is 2.02. The molecule has 2 aromatic heterocycles. The van der Waals surface area contributed by atoms with Gasteiger partial charge in [-0.15, -0.1) is 11.3 Å². The van der Waals surface area contributed by atoms with Gasteiger partial charge in [0.25, 0.3) is 0 Å². The minimum Gasteiger partial charge on any atom is -0.322 e. The van der Waals surface area contributed by atoms with E-state index in [0.29, 0.717) is 6.54 Å². The Bertz CT molecular complexity index is 421. The average molecular weight is 221 g/mol. The maximum atomic E-state index is 11.8. The van der Waals surface area contributed by atoms with Crippen LogP contribution in [-0.2, 0) is 6.54 Å². The van der Waals surface area contributed by atoms with Gasteiger partial charge in [0.15, 0.2) is 0 Å². The van der Waals surface area contributed by atoms with E-state index in [9.17, 15) is 4.79 Å². The van der Waals surface area contributed by atoms with Gasteiger partial charge in [-0.25, -0.2) is 9.78 Å². The van der Waals surface area contributed by atoms with E-state index in [2.05, 4.69) is 4.98 Å². The Morgan fingerprint density at radius 1 is 1.67 bits per heavy atom. The van der Waals surface area contributed by atoms with Crippen molar-refractivity contribution < 1.29 is 4.79 Å². The van der Waals surface area contributed by atoms with Crippen molar-refractivity contribution in [1.82, 2.24) is 14.5 Å².